The molecule has 1 aliphatic carbocycles. The molecule has 60 valence electrons. The molecule has 0 N–H and O–H groups in total. The van der Waals surface area contributed by atoms with Gasteiger partial charge in [0.1, 0.15) is 5.76 Å². The molecule has 1 fully saturated rings. The van der Waals surface area contributed by atoms with Gasteiger partial charge in [-0.1, -0.05) is 12.2 Å². The smallest absolute Gasteiger partial charge is 0.145 e. The fourth-order valence-electron chi connectivity index (χ4n) is 1.51. The molecule has 2 aliphatic rings. The van der Waals surface area contributed by atoms with Gasteiger partial charge in [0, 0.05) is 5.92 Å². The Labute approximate surface area is 66.4 Å². The Kier molecular flexibility index (Phi) is 1.95. The van der Waals surface area contributed by atoms with Crippen LogP contribution in [0.25, 0.3) is 0 Å². The number of rotatable bonds is 0. The van der Waals surface area contributed by atoms with Crippen LogP contribution in [0.2, 0.25) is 0 Å². The SMILES string of the molecule is C1=CCC2CCCOOC2=C1. The van der Waals surface area contributed by atoms with Gasteiger partial charge in [0.2, 0.25) is 0 Å². The molecule has 2 heteroatoms. The topological polar surface area (TPSA) is 18.5 Å². The minimum absolute atomic E-state index is 0.572. The summed E-state index contributed by atoms with van der Waals surface area (Å²) in [5, 5.41) is 0. The second-order valence-electron chi connectivity index (χ2n) is 2.98. The van der Waals surface area contributed by atoms with Crippen LogP contribution in [0, 0.1) is 5.92 Å². The predicted octanol–water partition coefficient (Wildman–Crippen LogP) is 2.19. The van der Waals surface area contributed by atoms with Crippen LogP contribution in [0.1, 0.15) is 19.3 Å². The molecule has 0 radical (unpaired) electrons. The first-order chi connectivity index (χ1) is 5.47. The predicted molar refractivity (Wildman–Crippen MR) is 41.6 cm³/mol. The van der Waals surface area contributed by atoms with Crippen LogP contribution in [0.3, 0.4) is 0 Å². The maximum absolute atomic E-state index is 5.12. The van der Waals surface area contributed by atoms with Crippen LogP contribution in [-0.2, 0) is 9.78 Å². The highest BCUT2D eigenvalue weighted by Gasteiger charge is 2.19. The Morgan fingerprint density at radius 1 is 1.45 bits per heavy atom. The molecule has 1 saturated heterocycles. The zero-order valence-electron chi connectivity index (χ0n) is 6.45. The quantitative estimate of drug-likeness (QED) is 0.495. The van der Waals surface area contributed by atoms with E-state index in [0.717, 1.165) is 25.2 Å². The largest absolute Gasteiger partial charge is 0.342 e. The highest BCUT2D eigenvalue weighted by molar-refractivity contribution is 5.16. The van der Waals surface area contributed by atoms with Crippen LogP contribution in [0.5, 0.6) is 0 Å². The fourth-order valence-corrected chi connectivity index (χ4v) is 1.51. The number of fused-ring (bicyclic) bond motifs is 1. The first-order valence-electron chi connectivity index (χ1n) is 4.13. The van der Waals surface area contributed by atoms with Crippen molar-refractivity contribution in [2.75, 3.05) is 6.61 Å². The van der Waals surface area contributed by atoms with Gasteiger partial charge in [-0.3, -0.25) is 0 Å². The third-order valence-corrected chi connectivity index (χ3v) is 2.15. The lowest BCUT2D eigenvalue weighted by Crippen LogP contribution is -2.05. The normalized spacial score (nSPS) is 29.8. The van der Waals surface area contributed by atoms with Gasteiger partial charge in [-0.25, -0.2) is 0 Å². The van der Waals surface area contributed by atoms with Crippen LogP contribution in [0.15, 0.2) is 24.0 Å². The van der Waals surface area contributed by atoms with Crippen molar-refractivity contribution in [3.05, 3.63) is 24.0 Å². The molecule has 1 atom stereocenters. The summed E-state index contributed by atoms with van der Waals surface area (Å²) in [7, 11) is 0. The van der Waals surface area contributed by atoms with Gasteiger partial charge in [-0.2, -0.15) is 4.89 Å². The third-order valence-electron chi connectivity index (χ3n) is 2.15. The summed E-state index contributed by atoms with van der Waals surface area (Å²) in [6.45, 7) is 0.730. The standard InChI is InChI=1S/C9H12O2/c1-2-6-9-8(4-1)5-3-7-10-11-9/h1-2,6,8H,3-5,7H2. The van der Waals surface area contributed by atoms with Crippen molar-refractivity contribution in [2.45, 2.75) is 19.3 Å². The average molecular weight is 152 g/mol. The number of hydrogen-bond donors (Lipinski definition) is 0. The van der Waals surface area contributed by atoms with Crippen LogP contribution >= 0.6 is 0 Å². The van der Waals surface area contributed by atoms with Crippen molar-refractivity contribution < 1.29 is 9.78 Å². The van der Waals surface area contributed by atoms with E-state index in [1.165, 1.54) is 6.42 Å². The lowest BCUT2D eigenvalue weighted by molar-refractivity contribution is -0.260. The summed E-state index contributed by atoms with van der Waals surface area (Å²) in [5.74, 6) is 1.58. The summed E-state index contributed by atoms with van der Waals surface area (Å²) in [6.07, 6.45) is 9.62. The van der Waals surface area contributed by atoms with Gasteiger partial charge in [0.05, 0.1) is 6.61 Å². The molecule has 2 rings (SSSR count). The van der Waals surface area contributed by atoms with Crippen molar-refractivity contribution in [2.24, 2.45) is 5.92 Å². The lowest BCUT2D eigenvalue weighted by Gasteiger charge is -2.15. The van der Waals surface area contributed by atoms with Crippen molar-refractivity contribution in [3.63, 3.8) is 0 Å². The summed E-state index contributed by atoms with van der Waals surface area (Å²) < 4.78 is 0. The zero-order valence-corrected chi connectivity index (χ0v) is 6.45. The molecule has 0 aromatic heterocycles. The van der Waals surface area contributed by atoms with Gasteiger partial charge < -0.3 is 4.89 Å². The van der Waals surface area contributed by atoms with Gasteiger partial charge >= 0.3 is 0 Å². The Hall–Kier alpha value is -0.760. The summed E-state index contributed by atoms with van der Waals surface area (Å²) >= 11 is 0. The zero-order chi connectivity index (χ0) is 7.52. The third kappa shape index (κ3) is 1.46. The van der Waals surface area contributed by atoms with Gasteiger partial charge in [-0.05, 0) is 25.3 Å². The van der Waals surface area contributed by atoms with E-state index in [1.54, 1.807) is 0 Å². The molecule has 0 spiro atoms. The van der Waals surface area contributed by atoms with Gasteiger partial charge in [-0.15, -0.1) is 0 Å². The van der Waals surface area contributed by atoms with Gasteiger partial charge in [0.15, 0.2) is 0 Å². The van der Waals surface area contributed by atoms with E-state index in [1.807, 2.05) is 12.2 Å². The lowest BCUT2D eigenvalue weighted by atomic mass is 9.94. The van der Waals surface area contributed by atoms with E-state index >= 15 is 0 Å². The molecule has 11 heavy (non-hydrogen) atoms. The molecule has 0 aromatic carbocycles. The Bertz CT molecular complexity index is 194. The second kappa shape index (κ2) is 3.09. The van der Waals surface area contributed by atoms with E-state index in [-0.39, 0.29) is 0 Å². The molecule has 0 bridgehead atoms. The van der Waals surface area contributed by atoms with Crippen molar-refractivity contribution >= 4 is 0 Å². The molecule has 1 heterocycles. The highest BCUT2D eigenvalue weighted by atomic mass is 17.2. The highest BCUT2D eigenvalue weighted by Crippen LogP contribution is 2.28. The van der Waals surface area contributed by atoms with E-state index in [9.17, 15) is 0 Å². The fraction of sp³-hybridized carbons (Fsp3) is 0.556. The van der Waals surface area contributed by atoms with Crippen LogP contribution in [0.4, 0.5) is 0 Å². The molecule has 1 unspecified atom stereocenters. The summed E-state index contributed by atoms with van der Waals surface area (Å²) in [5.41, 5.74) is 0. The molecular weight excluding hydrogens is 140 g/mol. The molecule has 2 nitrogen and oxygen atoms in total. The van der Waals surface area contributed by atoms with E-state index in [0.29, 0.717) is 5.92 Å². The van der Waals surface area contributed by atoms with E-state index in [4.69, 9.17) is 9.78 Å². The average Bonchev–Trinajstić information content (AvgIpc) is 2.28. The molecular formula is C9H12O2. The first-order valence-corrected chi connectivity index (χ1v) is 4.13. The molecule has 0 amide bonds. The van der Waals surface area contributed by atoms with E-state index in [2.05, 4.69) is 6.08 Å². The minimum Gasteiger partial charge on any atom is -0.342 e. The van der Waals surface area contributed by atoms with E-state index < -0.39 is 0 Å². The van der Waals surface area contributed by atoms with Crippen LogP contribution in [-0.4, -0.2) is 6.61 Å². The summed E-state index contributed by atoms with van der Waals surface area (Å²) in [6, 6.07) is 0. The number of hydrogen-bond acceptors (Lipinski definition) is 2. The monoisotopic (exact) mass is 152 g/mol. The van der Waals surface area contributed by atoms with Crippen molar-refractivity contribution in [3.8, 4) is 0 Å². The Morgan fingerprint density at radius 3 is 3.45 bits per heavy atom. The molecule has 1 aliphatic heterocycles. The minimum atomic E-state index is 0.572. The van der Waals surface area contributed by atoms with Crippen molar-refractivity contribution in [1.82, 2.24) is 0 Å². The van der Waals surface area contributed by atoms with Crippen LogP contribution < -0.4 is 0 Å². The number of allylic oxidation sites excluding steroid dienone is 4. The molecule has 0 aromatic rings. The first kappa shape index (κ1) is 6.92. The molecule has 0 saturated carbocycles. The maximum Gasteiger partial charge on any atom is 0.145 e. The Morgan fingerprint density at radius 2 is 2.45 bits per heavy atom. The van der Waals surface area contributed by atoms with Crippen molar-refractivity contribution in [1.29, 1.82) is 0 Å². The second-order valence-corrected chi connectivity index (χ2v) is 2.98. The summed E-state index contributed by atoms with van der Waals surface area (Å²) in [4.78, 5) is 10.1. The Balaban J connectivity index is 2.11. The maximum atomic E-state index is 5.12. The van der Waals surface area contributed by atoms with Gasteiger partial charge in [0.25, 0.3) is 0 Å².